The molecule has 1 unspecified atom stereocenters. The van der Waals surface area contributed by atoms with Crippen LogP contribution >= 0.6 is 0 Å². The van der Waals surface area contributed by atoms with E-state index in [4.69, 9.17) is 0 Å². The molecule has 0 bridgehead atoms. The monoisotopic (exact) mass is 281 g/mol. The predicted molar refractivity (Wildman–Crippen MR) is 76.8 cm³/mol. The molecule has 0 amide bonds. The summed E-state index contributed by atoms with van der Waals surface area (Å²) in [6, 6.07) is 6.97. The quantitative estimate of drug-likeness (QED) is 0.723. The fourth-order valence-electron chi connectivity index (χ4n) is 1.95. The van der Waals surface area contributed by atoms with Crippen LogP contribution in [0.4, 0.5) is 8.78 Å². The van der Waals surface area contributed by atoms with Crippen LogP contribution in [0.2, 0.25) is 0 Å². The molecular weight excluding hydrogens is 260 g/mol. The summed E-state index contributed by atoms with van der Waals surface area (Å²) < 4.78 is 28.9. The van der Waals surface area contributed by atoms with E-state index in [2.05, 4.69) is 28.8 Å². The average Bonchev–Trinajstić information content (AvgIpc) is 2.42. The Kier molecular flexibility index (Phi) is 7.67. The molecular formula is C16H21F2NO. The normalized spacial score (nSPS) is 11.8. The van der Waals surface area contributed by atoms with Gasteiger partial charge in [0.25, 0.3) is 0 Å². The predicted octanol–water partition coefficient (Wildman–Crippen LogP) is 4.13. The Morgan fingerprint density at radius 2 is 2.15 bits per heavy atom. The highest BCUT2D eigenvalue weighted by Crippen LogP contribution is 2.23. The van der Waals surface area contributed by atoms with E-state index in [1.807, 2.05) is 13.0 Å². The number of alkyl halides is 2. The van der Waals surface area contributed by atoms with Gasteiger partial charge in [-0.25, -0.2) is 0 Å². The van der Waals surface area contributed by atoms with Crippen molar-refractivity contribution in [1.82, 2.24) is 5.32 Å². The molecule has 0 spiro atoms. The Hall–Kier alpha value is -1.60. The molecule has 0 heterocycles. The summed E-state index contributed by atoms with van der Waals surface area (Å²) in [6.07, 6.45) is 2.64. The minimum atomic E-state index is -2.79. The van der Waals surface area contributed by atoms with E-state index in [1.54, 1.807) is 18.2 Å². The number of hydrogen-bond acceptors (Lipinski definition) is 2. The fraction of sp³-hybridized carbons (Fsp3) is 0.500. The summed E-state index contributed by atoms with van der Waals surface area (Å²) >= 11 is 0. The van der Waals surface area contributed by atoms with E-state index in [-0.39, 0.29) is 11.8 Å². The van der Waals surface area contributed by atoms with Crippen molar-refractivity contribution in [3.05, 3.63) is 29.8 Å². The molecule has 0 aliphatic heterocycles. The second-order valence-corrected chi connectivity index (χ2v) is 4.42. The van der Waals surface area contributed by atoms with Gasteiger partial charge in [-0.05, 0) is 44.0 Å². The topological polar surface area (TPSA) is 21.3 Å². The molecule has 0 aromatic heterocycles. The van der Waals surface area contributed by atoms with E-state index < -0.39 is 6.61 Å². The lowest BCUT2D eigenvalue weighted by molar-refractivity contribution is -0.0499. The Labute approximate surface area is 119 Å². The molecule has 1 aromatic rings. The van der Waals surface area contributed by atoms with Gasteiger partial charge in [0.05, 0.1) is 0 Å². The minimum absolute atomic E-state index is 0.108. The van der Waals surface area contributed by atoms with Gasteiger partial charge in [0, 0.05) is 12.5 Å². The molecule has 1 aromatic carbocycles. The van der Waals surface area contributed by atoms with E-state index >= 15 is 0 Å². The molecule has 4 heteroatoms. The number of benzene rings is 1. The molecule has 0 saturated carbocycles. The smallest absolute Gasteiger partial charge is 0.387 e. The first-order valence-electron chi connectivity index (χ1n) is 6.85. The lowest BCUT2D eigenvalue weighted by Gasteiger charge is -2.19. The van der Waals surface area contributed by atoms with Crippen molar-refractivity contribution in [3.8, 4) is 17.6 Å². The maximum absolute atomic E-state index is 12.2. The largest absolute Gasteiger partial charge is 0.435 e. The summed E-state index contributed by atoms with van der Waals surface area (Å²) in [5.41, 5.74) is 0.953. The zero-order valence-electron chi connectivity index (χ0n) is 12.0. The van der Waals surface area contributed by atoms with Gasteiger partial charge >= 0.3 is 6.61 Å². The highest BCUT2D eigenvalue weighted by atomic mass is 19.3. The summed E-state index contributed by atoms with van der Waals surface area (Å²) in [6.45, 7) is 1.99. The molecule has 0 saturated heterocycles. The van der Waals surface area contributed by atoms with Crippen LogP contribution in [0.1, 0.15) is 44.7 Å². The molecule has 110 valence electrons. The first-order chi connectivity index (χ1) is 9.67. The lowest BCUT2D eigenvalue weighted by atomic mass is 10.0. The Morgan fingerprint density at radius 1 is 1.35 bits per heavy atom. The van der Waals surface area contributed by atoms with Gasteiger partial charge in [-0.15, -0.1) is 11.8 Å². The summed E-state index contributed by atoms with van der Waals surface area (Å²) in [4.78, 5) is 0. The third-order valence-electron chi connectivity index (χ3n) is 2.86. The number of hydrogen-bond donors (Lipinski definition) is 1. The van der Waals surface area contributed by atoms with Crippen molar-refractivity contribution >= 4 is 0 Å². The van der Waals surface area contributed by atoms with Gasteiger partial charge in [0.15, 0.2) is 0 Å². The number of nitrogens with one attached hydrogen (secondary N) is 1. The molecule has 2 nitrogen and oxygen atoms in total. The first kappa shape index (κ1) is 16.5. The molecule has 20 heavy (non-hydrogen) atoms. The molecule has 0 aliphatic carbocycles. The number of halogens is 2. The van der Waals surface area contributed by atoms with Crippen molar-refractivity contribution in [2.45, 2.75) is 45.8 Å². The van der Waals surface area contributed by atoms with Crippen LogP contribution in [0, 0.1) is 11.8 Å². The molecule has 1 atom stereocenters. The van der Waals surface area contributed by atoms with Crippen LogP contribution in [-0.2, 0) is 0 Å². The summed E-state index contributed by atoms with van der Waals surface area (Å²) in [5.74, 6) is 6.09. The third-order valence-corrected chi connectivity index (χ3v) is 2.86. The van der Waals surface area contributed by atoms with Gasteiger partial charge in [-0.2, -0.15) is 8.78 Å². The maximum Gasteiger partial charge on any atom is 0.387 e. The van der Waals surface area contributed by atoms with Gasteiger partial charge in [-0.3, -0.25) is 0 Å². The van der Waals surface area contributed by atoms with Crippen LogP contribution in [0.25, 0.3) is 0 Å². The zero-order chi connectivity index (χ0) is 14.8. The van der Waals surface area contributed by atoms with Crippen LogP contribution in [-0.4, -0.2) is 13.2 Å². The zero-order valence-corrected chi connectivity index (χ0v) is 12.0. The highest BCUT2D eigenvalue weighted by molar-refractivity contribution is 5.30. The van der Waals surface area contributed by atoms with Gasteiger partial charge in [0.2, 0.25) is 0 Å². The SMILES string of the molecule is CC#CCCC(NCCC)c1cccc(OC(F)F)c1. The molecule has 0 radical (unpaired) electrons. The third kappa shape index (κ3) is 6.03. The molecule has 1 N–H and O–H groups in total. The van der Waals surface area contributed by atoms with E-state index in [0.717, 1.165) is 31.4 Å². The van der Waals surface area contributed by atoms with Crippen molar-refractivity contribution in [2.24, 2.45) is 0 Å². The van der Waals surface area contributed by atoms with Gasteiger partial charge in [-0.1, -0.05) is 19.1 Å². The average molecular weight is 281 g/mol. The second kappa shape index (κ2) is 9.33. The van der Waals surface area contributed by atoms with Crippen LogP contribution in [0.5, 0.6) is 5.75 Å². The van der Waals surface area contributed by atoms with Crippen molar-refractivity contribution in [2.75, 3.05) is 6.54 Å². The van der Waals surface area contributed by atoms with Crippen LogP contribution < -0.4 is 10.1 Å². The van der Waals surface area contributed by atoms with Crippen molar-refractivity contribution in [3.63, 3.8) is 0 Å². The van der Waals surface area contributed by atoms with Crippen molar-refractivity contribution < 1.29 is 13.5 Å². The first-order valence-corrected chi connectivity index (χ1v) is 6.85. The van der Waals surface area contributed by atoms with E-state index in [9.17, 15) is 8.78 Å². The highest BCUT2D eigenvalue weighted by Gasteiger charge is 2.12. The Bertz CT molecular complexity index is 451. The standard InChI is InChI=1S/C16H21F2NO/c1-3-5-6-10-15(19-11-4-2)13-8-7-9-14(12-13)20-16(17)18/h7-9,12,15-16,19H,4,6,10-11H2,1-2H3. The molecule has 1 rings (SSSR count). The fourth-order valence-corrected chi connectivity index (χ4v) is 1.95. The lowest BCUT2D eigenvalue weighted by Crippen LogP contribution is -2.22. The second-order valence-electron chi connectivity index (χ2n) is 4.42. The minimum Gasteiger partial charge on any atom is -0.435 e. The summed E-state index contributed by atoms with van der Waals surface area (Å²) in [7, 11) is 0. The number of rotatable bonds is 8. The van der Waals surface area contributed by atoms with Crippen LogP contribution in [0.15, 0.2) is 24.3 Å². The van der Waals surface area contributed by atoms with Crippen LogP contribution in [0.3, 0.4) is 0 Å². The Morgan fingerprint density at radius 3 is 2.80 bits per heavy atom. The van der Waals surface area contributed by atoms with Crippen molar-refractivity contribution in [1.29, 1.82) is 0 Å². The summed E-state index contributed by atoms with van der Waals surface area (Å²) in [5, 5.41) is 3.41. The number of ether oxygens (including phenoxy) is 1. The van der Waals surface area contributed by atoms with Gasteiger partial charge in [0.1, 0.15) is 5.75 Å². The van der Waals surface area contributed by atoms with E-state index in [0.29, 0.717) is 0 Å². The molecule has 0 fully saturated rings. The van der Waals surface area contributed by atoms with E-state index in [1.165, 1.54) is 0 Å². The molecule has 0 aliphatic rings. The maximum atomic E-state index is 12.2. The van der Waals surface area contributed by atoms with Gasteiger partial charge < -0.3 is 10.1 Å². The Balaban J connectivity index is 2.78.